The maximum atomic E-state index is 12.7. The fraction of sp³-hybridized carbons (Fsp3) is 0.889. The molecule has 2 saturated heterocycles. The average molecular weight is 482 g/mol. The lowest BCUT2D eigenvalue weighted by Crippen LogP contribution is -2.66. The van der Waals surface area contributed by atoms with Gasteiger partial charge in [-0.15, -0.1) is 24.0 Å². The van der Waals surface area contributed by atoms with Crippen molar-refractivity contribution >= 4 is 35.8 Å². The number of hydrogen-bond donors (Lipinski definition) is 2. The average Bonchev–Trinajstić information content (AvgIpc) is 2.54. The van der Waals surface area contributed by atoms with Crippen molar-refractivity contribution in [3.05, 3.63) is 0 Å². The van der Waals surface area contributed by atoms with E-state index in [1.54, 1.807) is 7.05 Å². The number of guanidine groups is 1. The van der Waals surface area contributed by atoms with Crippen LogP contribution in [0.1, 0.15) is 40.5 Å². The van der Waals surface area contributed by atoms with Gasteiger partial charge in [0.05, 0.1) is 18.7 Å². The Kier molecular flexibility index (Phi) is 8.60. The van der Waals surface area contributed by atoms with Crippen molar-refractivity contribution in [3.8, 4) is 0 Å². The quantitative estimate of drug-likeness (QED) is 0.359. The number of aliphatic hydroxyl groups excluding tert-OH is 1. The van der Waals surface area contributed by atoms with Gasteiger partial charge in [-0.2, -0.15) is 0 Å². The number of piperazine rings is 1. The Bertz CT molecular complexity index is 505. The van der Waals surface area contributed by atoms with Gasteiger partial charge in [-0.05, 0) is 40.5 Å². The second-order valence-corrected chi connectivity index (χ2v) is 8.20. The summed E-state index contributed by atoms with van der Waals surface area (Å²) in [5.41, 5.74) is -0.429. The first-order valence-electron chi connectivity index (χ1n) is 9.21. The van der Waals surface area contributed by atoms with Crippen molar-refractivity contribution in [2.75, 3.05) is 46.5 Å². The van der Waals surface area contributed by atoms with Crippen LogP contribution < -0.4 is 5.32 Å². The van der Waals surface area contributed by atoms with Crippen molar-refractivity contribution in [1.82, 2.24) is 15.1 Å². The summed E-state index contributed by atoms with van der Waals surface area (Å²) in [5, 5.41) is 13.2. The standard InChI is InChI=1S/C18H34N4O3.HI/c1-14(2)22-15(24)10-21(12-17(22,3)4)16(19-5)20-11-18(13-23)6-8-25-9-7-18;/h14,23H,6-13H2,1-5H3,(H,19,20);1H. The van der Waals surface area contributed by atoms with Crippen LogP contribution in [0.25, 0.3) is 0 Å². The van der Waals surface area contributed by atoms with Crippen molar-refractivity contribution in [2.24, 2.45) is 10.4 Å². The maximum Gasteiger partial charge on any atom is 0.242 e. The lowest BCUT2D eigenvalue weighted by molar-refractivity contribution is -0.145. The van der Waals surface area contributed by atoms with E-state index in [0.29, 0.717) is 26.3 Å². The molecule has 2 aliphatic rings. The topological polar surface area (TPSA) is 77.4 Å². The van der Waals surface area contributed by atoms with Gasteiger partial charge in [0.25, 0.3) is 0 Å². The number of amides is 1. The van der Waals surface area contributed by atoms with Crippen LogP contribution in [0.15, 0.2) is 4.99 Å². The fourth-order valence-corrected chi connectivity index (χ4v) is 4.11. The van der Waals surface area contributed by atoms with E-state index in [-0.39, 0.29) is 53.5 Å². The lowest BCUT2D eigenvalue weighted by atomic mass is 9.81. The van der Waals surface area contributed by atoms with Gasteiger partial charge in [0.15, 0.2) is 5.96 Å². The monoisotopic (exact) mass is 482 g/mol. The zero-order valence-electron chi connectivity index (χ0n) is 16.7. The first kappa shape index (κ1) is 23.4. The van der Waals surface area contributed by atoms with Crippen LogP contribution >= 0.6 is 24.0 Å². The molecule has 2 heterocycles. The summed E-state index contributed by atoms with van der Waals surface area (Å²) in [6, 6.07) is 0.180. The lowest BCUT2D eigenvalue weighted by Gasteiger charge is -2.49. The molecule has 2 N–H and O–H groups in total. The summed E-state index contributed by atoms with van der Waals surface area (Å²) in [5.74, 6) is 0.848. The predicted molar refractivity (Wildman–Crippen MR) is 114 cm³/mol. The van der Waals surface area contributed by atoms with E-state index in [0.717, 1.165) is 25.3 Å². The highest BCUT2D eigenvalue weighted by atomic mass is 127. The predicted octanol–water partition coefficient (Wildman–Crippen LogP) is 1.30. The number of aliphatic hydroxyl groups is 1. The van der Waals surface area contributed by atoms with Crippen LogP contribution in [0.2, 0.25) is 0 Å². The molecule has 0 atom stereocenters. The molecular formula is C18H35IN4O3. The molecule has 0 aromatic carbocycles. The van der Waals surface area contributed by atoms with Gasteiger partial charge in [0, 0.05) is 44.8 Å². The Morgan fingerprint density at radius 1 is 1.35 bits per heavy atom. The van der Waals surface area contributed by atoms with E-state index in [4.69, 9.17) is 4.74 Å². The summed E-state index contributed by atoms with van der Waals surface area (Å²) < 4.78 is 5.42. The number of aliphatic imine (C=N–C) groups is 1. The first-order valence-corrected chi connectivity index (χ1v) is 9.21. The Labute approximate surface area is 174 Å². The molecule has 0 radical (unpaired) electrons. The number of nitrogens with zero attached hydrogens (tertiary/aromatic N) is 3. The molecule has 7 nitrogen and oxygen atoms in total. The van der Waals surface area contributed by atoms with Gasteiger partial charge in [0.1, 0.15) is 0 Å². The van der Waals surface area contributed by atoms with Crippen LogP contribution in [0.4, 0.5) is 0 Å². The molecular weight excluding hydrogens is 447 g/mol. The number of ether oxygens (including phenoxy) is 1. The highest BCUT2D eigenvalue weighted by molar-refractivity contribution is 14.0. The van der Waals surface area contributed by atoms with Crippen molar-refractivity contribution in [3.63, 3.8) is 0 Å². The molecule has 26 heavy (non-hydrogen) atoms. The number of nitrogens with one attached hydrogen (secondary N) is 1. The van der Waals surface area contributed by atoms with Crippen LogP contribution in [0.3, 0.4) is 0 Å². The third-order valence-electron chi connectivity index (χ3n) is 5.36. The molecule has 0 spiro atoms. The molecule has 2 fully saturated rings. The second kappa shape index (κ2) is 9.54. The van der Waals surface area contributed by atoms with Crippen molar-refractivity contribution in [1.29, 1.82) is 0 Å². The number of hydrogen-bond acceptors (Lipinski definition) is 4. The Balaban J connectivity index is 0.00000338. The van der Waals surface area contributed by atoms with Gasteiger partial charge >= 0.3 is 0 Å². The second-order valence-electron chi connectivity index (χ2n) is 8.20. The molecule has 0 aromatic rings. The third kappa shape index (κ3) is 5.22. The van der Waals surface area contributed by atoms with Crippen LogP contribution in [-0.4, -0.2) is 84.9 Å². The van der Waals surface area contributed by atoms with Crippen molar-refractivity contribution < 1.29 is 14.6 Å². The molecule has 0 saturated carbocycles. The largest absolute Gasteiger partial charge is 0.396 e. The molecule has 0 bridgehead atoms. The Morgan fingerprint density at radius 3 is 2.42 bits per heavy atom. The van der Waals surface area contributed by atoms with E-state index in [9.17, 15) is 9.90 Å². The Hall–Kier alpha value is -0.610. The summed E-state index contributed by atoms with van der Waals surface area (Å²) >= 11 is 0. The van der Waals surface area contributed by atoms with E-state index in [1.165, 1.54) is 0 Å². The number of carbonyl (C=O) groups is 1. The first-order chi connectivity index (χ1) is 11.7. The number of carbonyl (C=O) groups excluding carboxylic acids is 1. The highest BCUT2D eigenvalue weighted by Crippen LogP contribution is 2.29. The summed E-state index contributed by atoms with van der Waals surface area (Å²) in [6.07, 6.45) is 1.66. The normalized spacial score (nSPS) is 23.0. The molecule has 0 aliphatic carbocycles. The Morgan fingerprint density at radius 2 is 1.96 bits per heavy atom. The van der Waals surface area contributed by atoms with Crippen molar-refractivity contribution in [2.45, 2.75) is 52.1 Å². The van der Waals surface area contributed by atoms with Gasteiger partial charge in [-0.25, -0.2) is 0 Å². The van der Waals surface area contributed by atoms with Gasteiger partial charge < -0.3 is 25.0 Å². The molecule has 8 heteroatoms. The number of halogens is 1. The van der Waals surface area contributed by atoms with Gasteiger partial charge in [0.2, 0.25) is 5.91 Å². The zero-order chi connectivity index (χ0) is 18.7. The minimum atomic E-state index is -0.255. The molecule has 2 aliphatic heterocycles. The maximum absolute atomic E-state index is 12.7. The van der Waals surface area contributed by atoms with Gasteiger partial charge in [-0.1, -0.05) is 0 Å². The molecule has 2 rings (SSSR count). The SMILES string of the molecule is CN=C(NCC1(CO)CCOCC1)N1CC(=O)N(C(C)C)C(C)(C)C1.I. The zero-order valence-corrected chi connectivity index (χ0v) is 19.1. The molecule has 0 unspecified atom stereocenters. The van der Waals surface area contributed by atoms with E-state index in [2.05, 4.69) is 38.0 Å². The van der Waals surface area contributed by atoms with E-state index in [1.807, 2.05) is 9.80 Å². The van der Waals surface area contributed by atoms with Crippen LogP contribution in [0.5, 0.6) is 0 Å². The minimum absolute atomic E-state index is 0. The minimum Gasteiger partial charge on any atom is -0.396 e. The van der Waals surface area contributed by atoms with E-state index < -0.39 is 0 Å². The van der Waals surface area contributed by atoms with Crippen LogP contribution in [-0.2, 0) is 9.53 Å². The third-order valence-corrected chi connectivity index (χ3v) is 5.36. The molecule has 1 amide bonds. The molecule has 0 aromatic heterocycles. The highest BCUT2D eigenvalue weighted by Gasteiger charge is 2.41. The van der Waals surface area contributed by atoms with E-state index >= 15 is 0 Å². The molecule has 152 valence electrons. The summed E-state index contributed by atoms with van der Waals surface area (Å²) in [6.45, 7) is 11.5. The van der Waals surface area contributed by atoms with Gasteiger partial charge in [-0.3, -0.25) is 9.79 Å². The smallest absolute Gasteiger partial charge is 0.242 e. The summed E-state index contributed by atoms with van der Waals surface area (Å²) in [7, 11) is 1.74. The number of rotatable bonds is 4. The fourth-order valence-electron chi connectivity index (χ4n) is 4.11. The van der Waals surface area contributed by atoms with Crippen LogP contribution in [0, 0.1) is 5.41 Å². The summed E-state index contributed by atoms with van der Waals surface area (Å²) in [4.78, 5) is 21.0.